The maximum atomic E-state index is 13.2. The first-order chi connectivity index (χ1) is 7.34. The van der Waals surface area contributed by atoms with Gasteiger partial charge in [0.15, 0.2) is 17.4 Å². The molecule has 1 unspecified atom stereocenters. The Balaban J connectivity index is 3.11. The zero-order chi connectivity index (χ0) is 12.5. The van der Waals surface area contributed by atoms with Crippen LogP contribution in [-0.4, -0.2) is 22.2 Å². The van der Waals surface area contributed by atoms with E-state index >= 15 is 0 Å². The fourth-order valence-corrected chi connectivity index (χ4v) is 1.11. The van der Waals surface area contributed by atoms with E-state index in [0.717, 1.165) is 0 Å². The number of phenolic OH excluding ortho intramolecular Hbond substituents is 1. The summed E-state index contributed by atoms with van der Waals surface area (Å²) < 4.78 is 38.6. The van der Waals surface area contributed by atoms with Gasteiger partial charge >= 0.3 is 5.97 Å². The third-order valence-electron chi connectivity index (χ3n) is 1.97. The van der Waals surface area contributed by atoms with Crippen molar-refractivity contribution in [2.75, 3.05) is 0 Å². The van der Waals surface area contributed by atoms with Crippen molar-refractivity contribution in [2.24, 2.45) is 5.73 Å². The summed E-state index contributed by atoms with van der Waals surface area (Å²) in [6, 6.07) is -0.994. The smallest absolute Gasteiger partial charge is 0.320 e. The van der Waals surface area contributed by atoms with Crippen LogP contribution < -0.4 is 5.73 Å². The van der Waals surface area contributed by atoms with E-state index < -0.39 is 47.2 Å². The topological polar surface area (TPSA) is 83.5 Å². The van der Waals surface area contributed by atoms with Gasteiger partial charge in [0.05, 0.1) is 0 Å². The molecule has 0 heterocycles. The van der Waals surface area contributed by atoms with Crippen LogP contribution in [0.4, 0.5) is 13.2 Å². The average Bonchev–Trinajstić information content (AvgIpc) is 2.22. The fraction of sp³-hybridized carbons (Fsp3) is 0.222. The van der Waals surface area contributed by atoms with Gasteiger partial charge in [0.1, 0.15) is 6.04 Å². The van der Waals surface area contributed by atoms with E-state index in [-0.39, 0.29) is 0 Å². The molecule has 0 aliphatic heterocycles. The molecule has 0 saturated heterocycles. The molecule has 1 atom stereocenters. The fourth-order valence-electron chi connectivity index (χ4n) is 1.11. The van der Waals surface area contributed by atoms with Crippen LogP contribution in [0.1, 0.15) is 5.56 Å². The minimum Gasteiger partial charge on any atom is -0.503 e. The molecule has 0 bridgehead atoms. The number of rotatable bonds is 3. The lowest BCUT2D eigenvalue weighted by molar-refractivity contribution is -0.138. The first-order valence-corrected chi connectivity index (χ1v) is 4.18. The molecule has 0 saturated carbocycles. The molecule has 0 radical (unpaired) electrons. The van der Waals surface area contributed by atoms with Gasteiger partial charge in [0.2, 0.25) is 5.82 Å². The number of nitrogens with two attached hydrogens (primary N) is 1. The van der Waals surface area contributed by atoms with E-state index in [1.54, 1.807) is 0 Å². The van der Waals surface area contributed by atoms with Crippen molar-refractivity contribution in [1.29, 1.82) is 0 Å². The van der Waals surface area contributed by atoms with Gasteiger partial charge in [-0.15, -0.1) is 0 Å². The quantitative estimate of drug-likeness (QED) is 0.675. The van der Waals surface area contributed by atoms with Crippen LogP contribution in [-0.2, 0) is 11.2 Å². The summed E-state index contributed by atoms with van der Waals surface area (Å²) in [6.07, 6.45) is -0.550. The molecule has 16 heavy (non-hydrogen) atoms. The lowest BCUT2D eigenvalue weighted by Crippen LogP contribution is -2.32. The molecule has 1 aromatic carbocycles. The van der Waals surface area contributed by atoms with E-state index in [2.05, 4.69) is 0 Å². The third-order valence-corrected chi connectivity index (χ3v) is 1.97. The van der Waals surface area contributed by atoms with E-state index in [4.69, 9.17) is 15.9 Å². The minimum absolute atomic E-state index is 0.465. The summed E-state index contributed by atoms with van der Waals surface area (Å²) in [5.41, 5.74) is 4.60. The zero-order valence-electron chi connectivity index (χ0n) is 7.88. The van der Waals surface area contributed by atoms with Gasteiger partial charge in [0, 0.05) is 6.42 Å². The number of aliphatic carboxylic acids is 1. The van der Waals surface area contributed by atoms with E-state index in [1.807, 2.05) is 0 Å². The lowest BCUT2D eigenvalue weighted by Gasteiger charge is -2.09. The molecule has 0 aliphatic carbocycles. The standard InChI is InChI=1S/C9H8F3NO3/c10-4-1-3(2-5(13)9(15)16)6(11)8(14)7(4)12/h1,5,14H,2,13H2,(H,15,16). The van der Waals surface area contributed by atoms with Gasteiger partial charge in [-0.1, -0.05) is 0 Å². The first-order valence-electron chi connectivity index (χ1n) is 4.18. The van der Waals surface area contributed by atoms with Gasteiger partial charge in [-0.3, -0.25) is 4.79 Å². The average molecular weight is 235 g/mol. The Kier molecular flexibility index (Phi) is 3.38. The van der Waals surface area contributed by atoms with Crippen LogP contribution in [0.15, 0.2) is 6.07 Å². The van der Waals surface area contributed by atoms with Crippen LogP contribution in [0.3, 0.4) is 0 Å². The molecule has 0 aromatic heterocycles. The van der Waals surface area contributed by atoms with E-state index in [1.165, 1.54) is 0 Å². The van der Waals surface area contributed by atoms with Crippen molar-refractivity contribution in [3.8, 4) is 5.75 Å². The summed E-state index contributed by atoms with van der Waals surface area (Å²) in [6.45, 7) is 0. The Morgan fingerprint density at radius 3 is 2.44 bits per heavy atom. The highest BCUT2D eigenvalue weighted by molar-refractivity contribution is 5.73. The number of carboxylic acids is 1. The summed E-state index contributed by atoms with van der Waals surface area (Å²) in [4.78, 5) is 10.4. The van der Waals surface area contributed by atoms with Crippen molar-refractivity contribution >= 4 is 5.97 Å². The van der Waals surface area contributed by atoms with Gasteiger partial charge < -0.3 is 15.9 Å². The number of carboxylic acid groups (broad SMARTS) is 1. The van der Waals surface area contributed by atoms with Crippen LogP contribution in [0, 0.1) is 17.5 Å². The Hall–Kier alpha value is -1.76. The molecular formula is C9H8F3NO3. The highest BCUT2D eigenvalue weighted by Gasteiger charge is 2.21. The predicted octanol–water partition coefficient (Wildman–Crippen LogP) is 0.764. The van der Waals surface area contributed by atoms with E-state index in [0.29, 0.717) is 6.07 Å². The Labute approximate surface area is 88.1 Å². The molecule has 4 nitrogen and oxygen atoms in total. The number of halogens is 3. The van der Waals surface area contributed by atoms with Crippen molar-refractivity contribution in [3.63, 3.8) is 0 Å². The number of carbonyl (C=O) groups is 1. The molecular weight excluding hydrogens is 227 g/mol. The number of phenols is 1. The van der Waals surface area contributed by atoms with Crippen LogP contribution in [0.5, 0.6) is 5.75 Å². The number of hydrogen-bond acceptors (Lipinski definition) is 3. The monoisotopic (exact) mass is 235 g/mol. The Morgan fingerprint density at radius 1 is 1.38 bits per heavy atom. The Morgan fingerprint density at radius 2 is 1.94 bits per heavy atom. The number of aromatic hydroxyl groups is 1. The Bertz CT molecular complexity index is 436. The summed E-state index contributed by atoms with van der Waals surface area (Å²) >= 11 is 0. The second-order valence-corrected chi connectivity index (χ2v) is 3.14. The second kappa shape index (κ2) is 4.40. The van der Waals surface area contributed by atoms with Crippen molar-refractivity contribution in [3.05, 3.63) is 29.1 Å². The molecule has 88 valence electrons. The highest BCUT2D eigenvalue weighted by Crippen LogP contribution is 2.26. The van der Waals surface area contributed by atoms with Gasteiger partial charge in [0.25, 0.3) is 0 Å². The van der Waals surface area contributed by atoms with Crippen molar-refractivity contribution < 1.29 is 28.2 Å². The maximum absolute atomic E-state index is 13.2. The lowest BCUT2D eigenvalue weighted by atomic mass is 10.1. The molecule has 0 fully saturated rings. The van der Waals surface area contributed by atoms with Crippen molar-refractivity contribution in [2.45, 2.75) is 12.5 Å². The molecule has 0 aliphatic rings. The molecule has 1 aromatic rings. The molecule has 0 amide bonds. The van der Waals surface area contributed by atoms with E-state index in [9.17, 15) is 18.0 Å². The van der Waals surface area contributed by atoms with Crippen molar-refractivity contribution in [1.82, 2.24) is 0 Å². The second-order valence-electron chi connectivity index (χ2n) is 3.14. The summed E-state index contributed by atoms with van der Waals surface area (Å²) in [5.74, 6) is -7.48. The SMILES string of the molecule is NC(Cc1cc(F)c(F)c(O)c1F)C(=O)O. The highest BCUT2D eigenvalue weighted by atomic mass is 19.2. The molecule has 0 spiro atoms. The predicted molar refractivity (Wildman–Crippen MR) is 47.3 cm³/mol. The summed E-state index contributed by atoms with van der Waals surface area (Å²) in [7, 11) is 0. The van der Waals surface area contributed by atoms with Gasteiger partial charge in [-0.25, -0.2) is 8.78 Å². The largest absolute Gasteiger partial charge is 0.503 e. The minimum atomic E-state index is -1.72. The van der Waals surface area contributed by atoms with Gasteiger partial charge in [-0.2, -0.15) is 4.39 Å². The molecule has 1 rings (SSSR count). The third kappa shape index (κ3) is 2.25. The van der Waals surface area contributed by atoms with Gasteiger partial charge in [-0.05, 0) is 11.6 Å². The maximum Gasteiger partial charge on any atom is 0.320 e. The molecule has 7 heteroatoms. The van der Waals surface area contributed by atoms with Crippen LogP contribution in [0.2, 0.25) is 0 Å². The molecule has 4 N–H and O–H groups in total. The zero-order valence-corrected chi connectivity index (χ0v) is 7.88. The number of benzene rings is 1. The van der Waals surface area contributed by atoms with Crippen LogP contribution >= 0.6 is 0 Å². The summed E-state index contributed by atoms with van der Waals surface area (Å²) in [5, 5.41) is 17.3. The van der Waals surface area contributed by atoms with Crippen LogP contribution in [0.25, 0.3) is 0 Å². The number of hydrogen-bond donors (Lipinski definition) is 3. The normalized spacial score (nSPS) is 12.5. The first kappa shape index (κ1) is 12.3.